The maximum absolute atomic E-state index is 13.3. The van der Waals surface area contributed by atoms with E-state index in [2.05, 4.69) is 6.58 Å². The van der Waals surface area contributed by atoms with Gasteiger partial charge in [0.15, 0.2) is 0 Å². The van der Waals surface area contributed by atoms with Gasteiger partial charge >= 0.3 is 5.97 Å². The molecule has 7 heteroatoms. The molecule has 0 N–H and O–H groups in total. The van der Waals surface area contributed by atoms with Crippen molar-refractivity contribution in [1.82, 2.24) is 0 Å². The third kappa shape index (κ3) is 4.14. The lowest BCUT2D eigenvalue weighted by Gasteiger charge is -2.25. The van der Waals surface area contributed by atoms with Crippen LogP contribution in [0.15, 0.2) is 53.9 Å². The second kappa shape index (κ2) is 8.26. The van der Waals surface area contributed by atoms with Gasteiger partial charge in [-0.15, -0.1) is 6.58 Å². The Balaban J connectivity index is 2.61. The summed E-state index contributed by atoms with van der Waals surface area (Å²) < 4.78 is 37.8. The molecule has 6 nitrogen and oxygen atoms in total. The average Bonchev–Trinajstić information content (AvgIpc) is 2.66. The van der Waals surface area contributed by atoms with Gasteiger partial charge in [-0.05, 0) is 55.3 Å². The van der Waals surface area contributed by atoms with Crippen molar-refractivity contribution in [3.05, 3.63) is 65.7 Å². The monoisotopic (exact) mass is 389 g/mol. The Labute approximate surface area is 160 Å². The van der Waals surface area contributed by atoms with Gasteiger partial charge in [-0.1, -0.05) is 12.1 Å². The second-order valence-corrected chi connectivity index (χ2v) is 7.81. The number of methoxy groups -OCH3 is 2. The highest BCUT2D eigenvalue weighted by atomic mass is 32.2. The van der Waals surface area contributed by atoms with Gasteiger partial charge in [-0.25, -0.2) is 13.2 Å². The molecule has 0 saturated heterocycles. The van der Waals surface area contributed by atoms with Crippen LogP contribution in [-0.4, -0.2) is 35.2 Å². The number of aryl methyl sites for hydroxylation is 2. The van der Waals surface area contributed by atoms with Crippen molar-refractivity contribution in [1.29, 1.82) is 0 Å². The molecule has 0 amide bonds. The number of hydrogen-bond donors (Lipinski definition) is 0. The first-order valence-corrected chi connectivity index (χ1v) is 9.67. The van der Waals surface area contributed by atoms with Crippen LogP contribution in [0.2, 0.25) is 0 Å². The summed E-state index contributed by atoms with van der Waals surface area (Å²) >= 11 is 0. The zero-order valence-electron chi connectivity index (χ0n) is 15.9. The van der Waals surface area contributed by atoms with E-state index in [1.165, 1.54) is 36.7 Å². The van der Waals surface area contributed by atoms with E-state index >= 15 is 0 Å². The summed E-state index contributed by atoms with van der Waals surface area (Å²) in [5, 5.41) is 0. The number of esters is 1. The molecule has 0 aliphatic carbocycles. The van der Waals surface area contributed by atoms with Gasteiger partial charge in [0.25, 0.3) is 10.0 Å². The number of hydrogen-bond acceptors (Lipinski definition) is 5. The lowest BCUT2D eigenvalue weighted by molar-refractivity contribution is 0.0600. The number of carbonyl (C=O) groups is 1. The van der Waals surface area contributed by atoms with Crippen molar-refractivity contribution in [2.45, 2.75) is 18.7 Å². The second-order valence-electron chi connectivity index (χ2n) is 5.95. The Bertz CT molecular complexity index is 966. The molecular formula is C20H23NO5S. The first-order chi connectivity index (χ1) is 12.8. The Morgan fingerprint density at radius 2 is 1.81 bits per heavy atom. The van der Waals surface area contributed by atoms with Crippen molar-refractivity contribution in [3.8, 4) is 5.75 Å². The maximum atomic E-state index is 13.3. The van der Waals surface area contributed by atoms with Crippen molar-refractivity contribution in [2.75, 3.05) is 25.1 Å². The third-order valence-corrected chi connectivity index (χ3v) is 5.92. The van der Waals surface area contributed by atoms with Crippen LogP contribution in [0.25, 0.3) is 0 Å². The van der Waals surface area contributed by atoms with Crippen molar-refractivity contribution < 1.29 is 22.7 Å². The van der Waals surface area contributed by atoms with Crippen molar-refractivity contribution in [2.24, 2.45) is 0 Å². The lowest BCUT2D eigenvalue weighted by atomic mass is 10.1. The first-order valence-electron chi connectivity index (χ1n) is 8.23. The van der Waals surface area contributed by atoms with E-state index in [4.69, 9.17) is 9.47 Å². The molecule has 0 unspecified atom stereocenters. The van der Waals surface area contributed by atoms with Crippen LogP contribution in [0.4, 0.5) is 5.69 Å². The molecule has 0 saturated carbocycles. The van der Waals surface area contributed by atoms with Crippen LogP contribution in [0.1, 0.15) is 21.5 Å². The minimum Gasteiger partial charge on any atom is -0.496 e. The molecule has 0 radical (unpaired) electrons. The third-order valence-electron chi connectivity index (χ3n) is 4.15. The first kappa shape index (κ1) is 20.5. The number of nitrogens with zero attached hydrogens (tertiary/aromatic N) is 1. The van der Waals surface area contributed by atoms with E-state index < -0.39 is 16.0 Å². The van der Waals surface area contributed by atoms with Crippen LogP contribution < -0.4 is 9.04 Å². The molecule has 0 heterocycles. The smallest absolute Gasteiger partial charge is 0.337 e. The molecule has 0 aliphatic rings. The molecule has 0 bridgehead atoms. The number of benzene rings is 2. The predicted octanol–water partition coefficient (Wildman–Crippen LogP) is 3.48. The molecule has 0 fully saturated rings. The van der Waals surface area contributed by atoms with E-state index in [0.29, 0.717) is 22.6 Å². The van der Waals surface area contributed by atoms with E-state index in [1.54, 1.807) is 38.1 Å². The maximum Gasteiger partial charge on any atom is 0.337 e. The van der Waals surface area contributed by atoms with Crippen LogP contribution >= 0.6 is 0 Å². The van der Waals surface area contributed by atoms with Crippen molar-refractivity contribution >= 4 is 21.7 Å². The topological polar surface area (TPSA) is 72.9 Å². The van der Waals surface area contributed by atoms with E-state index in [0.717, 1.165) is 0 Å². The van der Waals surface area contributed by atoms with Crippen LogP contribution in [0, 0.1) is 13.8 Å². The standard InChI is InChI=1S/C20H23NO5S/c1-6-11-21(18-13-16(20(22)26-5)8-7-14(18)2)27(23,24)17-9-10-19(25-4)15(3)12-17/h6-10,12-13H,1,11H2,2-5H3. The Kier molecular flexibility index (Phi) is 6.28. The highest BCUT2D eigenvalue weighted by Crippen LogP contribution is 2.30. The summed E-state index contributed by atoms with van der Waals surface area (Å²) in [4.78, 5) is 12.0. The fourth-order valence-electron chi connectivity index (χ4n) is 2.70. The minimum atomic E-state index is -3.88. The summed E-state index contributed by atoms with van der Waals surface area (Å²) in [6.07, 6.45) is 1.50. The van der Waals surface area contributed by atoms with Gasteiger partial charge in [0.1, 0.15) is 5.75 Å². The molecule has 2 aromatic carbocycles. The fraction of sp³-hybridized carbons (Fsp3) is 0.250. The average molecular weight is 389 g/mol. The number of anilines is 1. The molecular weight excluding hydrogens is 366 g/mol. The van der Waals surface area contributed by atoms with Gasteiger partial charge in [-0.3, -0.25) is 4.31 Å². The van der Waals surface area contributed by atoms with Crippen molar-refractivity contribution in [3.63, 3.8) is 0 Å². The molecule has 2 rings (SSSR count). The summed E-state index contributed by atoms with van der Waals surface area (Å²) in [7, 11) is -1.07. The highest BCUT2D eigenvalue weighted by Gasteiger charge is 2.26. The fourth-order valence-corrected chi connectivity index (χ4v) is 4.28. The van der Waals surface area contributed by atoms with Crippen LogP contribution in [-0.2, 0) is 14.8 Å². The lowest BCUT2D eigenvalue weighted by Crippen LogP contribution is -2.32. The SMILES string of the molecule is C=CCN(c1cc(C(=O)OC)ccc1C)S(=O)(=O)c1ccc(OC)c(C)c1. The van der Waals surface area contributed by atoms with E-state index in [9.17, 15) is 13.2 Å². The molecule has 0 atom stereocenters. The quantitative estimate of drug-likeness (QED) is 0.535. The van der Waals surface area contributed by atoms with E-state index in [1.807, 2.05) is 0 Å². The minimum absolute atomic E-state index is 0.0544. The number of ether oxygens (including phenoxy) is 2. The zero-order chi connectivity index (χ0) is 20.2. The van der Waals surface area contributed by atoms with E-state index in [-0.39, 0.29) is 17.0 Å². The molecule has 2 aromatic rings. The number of carbonyl (C=O) groups excluding carboxylic acids is 1. The van der Waals surface area contributed by atoms with Gasteiger partial charge in [0.2, 0.25) is 0 Å². The highest BCUT2D eigenvalue weighted by molar-refractivity contribution is 7.92. The van der Waals surface area contributed by atoms with Crippen LogP contribution in [0.5, 0.6) is 5.75 Å². The molecule has 0 aliphatic heterocycles. The molecule has 27 heavy (non-hydrogen) atoms. The van der Waals surface area contributed by atoms with Gasteiger partial charge < -0.3 is 9.47 Å². The number of rotatable bonds is 7. The molecule has 0 spiro atoms. The van der Waals surface area contributed by atoms with Gasteiger partial charge in [-0.2, -0.15) is 0 Å². The summed E-state index contributed by atoms with van der Waals surface area (Å²) in [5.74, 6) is 0.0700. The molecule has 0 aromatic heterocycles. The summed E-state index contributed by atoms with van der Waals surface area (Å²) in [6, 6.07) is 9.47. The summed E-state index contributed by atoms with van der Waals surface area (Å²) in [6.45, 7) is 7.27. The Morgan fingerprint density at radius 3 is 2.37 bits per heavy atom. The zero-order valence-corrected chi connectivity index (χ0v) is 16.7. The normalized spacial score (nSPS) is 11.0. The number of sulfonamides is 1. The Morgan fingerprint density at radius 1 is 1.11 bits per heavy atom. The van der Waals surface area contributed by atoms with Gasteiger partial charge in [0.05, 0.1) is 36.9 Å². The molecule has 144 valence electrons. The van der Waals surface area contributed by atoms with Crippen LogP contribution in [0.3, 0.4) is 0 Å². The Hall–Kier alpha value is -2.80. The largest absolute Gasteiger partial charge is 0.496 e. The summed E-state index contributed by atoms with van der Waals surface area (Å²) in [5.41, 5.74) is 2.08. The predicted molar refractivity (Wildman–Crippen MR) is 105 cm³/mol. The van der Waals surface area contributed by atoms with Gasteiger partial charge in [0, 0.05) is 0 Å².